The molecule has 0 aromatic heterocycles. The van der Waals surface area contributed by atoms with Crippen LogP contribution in [0.25, 0.3) is 0 Å². The highest BCUT2D eigenvalue weighted by molar-refractivity contribution is 4.83. The van der Waals surface area contributed by atoms with E-state index in [4.69, 9.17) is 10.8 Å². The minimum atomic E-state index is -0.338. The van der Waals surface area contributed by atoms with Crippen LogP contribution in [0.3, 0.4) is 0 Å². The maximum atomic E-state index is 9.00. The van der Waals surface area contributed by atoms with E-state index in [1.54, 1.807) is 0 Å². The van der Waals surface area contributed by atoms with Gasteiger partial charge in [-0.3, -0.25) is 0 Å². The molecule has 0 spiro atoms. The Kier molecular flexibility index (Phi) is 4.69. The highest BCUT2D eigenvalue weighted by Crippen LogP contribution is 2.19. The molecule has 3 N–H and O–H groups in total. The van der Waals surface area contributed by atoms with Gasteiger partial charge in [-0.05, 0) is 18.8 Å². The van der Waals surface area contributed by atoms with Crippen molar-refractivity contribution < 1.29 is 5.11 Å². The smallest absolute Gasteiger partial charge is 0.0611 e. The molecule has 0 aliphatic heterocycles. The molecule has 0 aliphatic rings. The lowest BCUT2D eigenvalue weighted by atomic mass is 9.86. The zero-order valence-electron chi connectivity index (χ0n) is 7.93. The molecule has 0 aromatic carbocycles. The van der Waals surface area contributed by atoms with Gasteiger partial charge in [-0.1, -0.05) is 27.2 Å². The van der Waals surface area contributed by atoms with Gasteiger partial charge in [0.2, 0.25) is 0 Å². The zero-order valence-corrected chi connectivity index (χ0v) is 7.93. The minimum absolute atomic E-state index is 0.105. The van der Waals surface area contributed by atoms with Crippen LogP contribution in [-0.4, -0.2) is 17.3 Å². The van der Waals surface area contributed by atoms with E-state index in [9.17, 15) is 0 Å². The van der Waals surface area contributed by atoms with Gasteiger partial charge >= 0.3 is 0 Å². The molecule has 0 heterocycles. The van der Waals surface area contributed by atoms with E-state index >= 15 is 0 Å². The normalized spacial score (nSPS) is 19.4. The fraction of sp³-hybridized carbons (Fsp3) is 1.00. The average Bonchev–Trinajstić information content (AvgIpc) is 2.04. The maximum absolute atomic E-state index is 9.00. The van der Waals surface area contributed by atoms with E-state index in [1.807, 2.05) is 6.92 Å². The first-order valence-corrected chi connectivity index (χ1v) is 4.47. The molecule has 0 rings (SSSR count). The molecule has 2 heteroatoms. The topological polar surface area (TPSA) is 46.2 Å². The third-order valence-corrected chi connectivity index (χ3v) is 2.47. The van der Waals surface area contributed by atoms with Crippen molar-refractivity contribution in [3.05, 3.63) is 0 Å². The van der Waals surface area contributed by atoms with E-state index in [2.05, 4.69) is 13.8 Å². The SMILES string of the molecule is CCC(C)CC(N)(CC)CO. The second-order valence-corrected chi connectivity index (χ2v) is 3.59. The Hall–Kier alpha value is -0.0800. The van der Waals surface area contributed by atoms with Gasteiger partial charge in [0.1, 0.15) is 0 Å². The first-order valence-electron chi connectivity index (χ1n) is 4.47. The minimum Gasteiger partial charge on any atom is -0.394 e. The van der Waals surface area contributed by atoms with Gasteiger partial charge in [0, 0.05) is 5.54 Å². The lowest BCUT2D eigenvalue weighted by Crippen LogP contribution is -2.44. The van der Waals surface area contributed by atoms with Gasteiger partial charge in [-0.2, -0.15) is 0 Å². The lowest BCUT2D eigenvalue weighted by molar-refractivity contribution is 0.165. The van der Waals surface area contributed by atoms with Crippen molar-refractivity contribution in [2.24, 2.45) is 11.7 Å². The van der Waals surface area contributed by atoms with Crippen LogP contribution in [-0.2, 0) is 0 Å². The molecule has 0 fully saturated rings. The van der Waals surface area contributed by atoms with Crippen molar-refractivity contribution in [1.82, 2.24) is 0 Å². The monoisotopic (exact) mass is 159 g/mol. The van der Waals surface area contributed by atoms with Gasteiger partial charge in [0.15, 0.2) is 0 Å². The molecule has 2 atom stereocenters. The van der Waals surface area contributed by atoms with Crippen LogP contribution in [0.2, 0.25) is 0 Å². The predicted molar refractivity (Wildman–Crippen MR) is 48.4 cm³/mol. The number of aliphatic hydroxyl groups is 1. The van der Waals surface area contributed by atoms with E-state index < -0.39 is 0 Å². The molecular formula is C9H21NO. The maximum Gasteiger partial charge on any atom is 0.0611 e. The van der Waals surface area contributed by atoms with Crippen molar-refractivity contribution in [2.75, 3.05) is 6.61 Å². The van der Waals surface area contributed by atoms with E-state index in [-0.39, 0.29) is 12.1 Å². The largest absolute Gasteiger partial charge is 0.394 e. The molecule has 0 bridgehead atoms. The molecule has 0 amide bonds. The van der Waals surface area contributed by atoms with Crippen LogP contribution < -0.4 is 5.73 Å². The summed E-state index contributed by atoms with van der Waals surface area (Å²) in [6, 6.07) is 0. The standard InChI is InChI=1S/C9H21NO/c1-4-8(3)6-9(10,5-2)7-11/h8,11H,4-7,10H2,1-3H3. The summed E-state index contributed by atoms with van der Waals surface area (Å²) < 4.78 is 0. The summed E-state index contributed by atoms with van der Waals surface area (Å²) >= 11 is 0. The summed E-state index contributed by atoms with van der Waals surface area (Å²) in [6.45, 7) is 6.46. The molecule has 0 radical (unpaired) electrons. The van der Waals surface area contributed by atoms with Crippen LogP contribution in [0.4, 0.5) is 0 Å². The molecular weight excluding hydrogens is 138 g/mol. The average molecular weight is 159 g/mol. The third-order valence-electron chi connectivity index (χ3n) is 2.47. The van der Waals surface area contributed by atoms with Gasteiger partial charge in [0.05, 0.1) is 6.61 Å². The third kappa shape index (κ3) is 3.73. The van der Waals surface area contributed by atoms with E-state index in [1.165, 1.54) is 0 Å². The Morgan fingerprint density at radius 3 is 2.27 bits per heavy atom. The molecule has 2 nitrogen and oxygen atoms in total. The molecule has 0 saturated heterocycles. The van der Waals surface area contributed by atoms with Crippen molar-refractivity contribution in [1.29, 1.82) is 0 Å². The number of hydrogen-bond acceptors (Lipinski definition) is 2. The van der Waals surface area contributed by atoms with Gasteiger partial charge in [-0.25, -0.2) is 0 Å². The fourth-order valence-electron chi connectivity index (χ4n) is 1.16. The highest BCUT2D eigenvalue weighted by atomic mass is 16.3. The Bertz CT molecular complexity index is 99.7. The summed E-state index contributed by atoms with van der Waals surface area (Å²) in [5.41, 5.74) is 5.59. The summed E-state index contributed by atoms with van der Waals surface area (Å²) in [5, 5.41) is 9.00. The predicted octanol–water partition coefficient (Wildman–Crippen LogP) is 1.52. The Morgan fingerprint density at radius 2 is 2.00 bits per heavy atom. The highest BCUT2D eigenvalue weighted by Gasteiger charge is 2.23. The molecule has 0 aliphatic carbocycles. The van der Waals surface area contributed by atoms with Crippen molar-refractivity contribution >= 4 is 0 Å². The Morgan fingerprint density at radius 1 is 1.45 bits per heavy atom. The first kappa shape index (κ1) is 10.9. The van der Waals surface area contributed by atoms with Crippen LogP contribution in [0.1, 0.15) is 40.0 Å². The van der Waals surface area contributed by atoms with Gasteiger partial charge < -0.3 is 10.8 Å². The number of nitrogens with two attached hydrogens (primary N) is 1. The molecule has 0 aromatic rings. The van der Waals surface area contributed by atoms with Crippen molar-refractivity contribution in [2.45, 2.75) is 45.6 Å². The number of aliphatic hydroxyl groups excluding tert-OH is 1. The van der Waals surface area contributed by atoms with Crippen molar-refractivity contribution in [3.63, 3.8) is 0 Å². The van der Waals surface area contributed by atoms with Gasteiger partial charge in [-0.15, -0.1) is 0 Å². The Balaban J connectivity index is 3.86. The van der Waals surface area contributed by atoms with E-state index in [0.717, 1.165) is 19.3 Å². The second kappa shape index (κ2) is 4.73. The number of rotatable bonds is 5. The molecule has 11 heavy (non-hydrogen) atoms. The lowest BCUT2D eigenvalue weighted by Gasteiger charge is -2.28. The van der Waals surface area contributed by atoms with Gasteiger partial charge in [0.25, 0.3) is 0 Å². The summed E-state index contributed by atoms with van der Waals surface area (Å²) in [6.07, 6.45) is 2.92. The fourth-order valence-corrected chi connectivity index (χ4v) is 1.16. The van der Waals surface area contributed by atoms with Crippen LogP contribution in [0.5, 0.6) is 0 Å². The quantitative estimate of drug-likeness (QED) is 0.639. The van der Waals surface area contributed by atoms with Crippen LogP contribution in [0.15, 0.2) is 0 Å². The summed E-state index contributed by atoms with van der Waals surface area (Å²) in [5.74, 6) is 0.618. The molecule has 2 unspecified atom stereocenters. The summed E-state index contributed by atoms with van der Waals surface area (Å²) in [7, 11) is 0. The summed E-state index contributed by atoms with van der Waals surface area (Å²) in [4.78, 5) is 0. The second-order valence-electron chi connectivity index (χ2n) is 3.59. The molecule has 0 saturated carbocycles. The van der Waals surface area contributed by atoms with Crippen molar-refractivity contribution in [3.8, 4) is 0 Å². The zero-order chi connectivity index (χ0) is 8.91. The Labute approximate surface area is 69.8 Å². The number of hydrogen-bond donors (Lipinski definition) is 2. The molecule has 68 valence electrons. The van der Waals surface area contributed by atoms with Crippen LogP contribution in [0, 0.1) is 5.92 Å². The van der Waals surface area contributed by atoms with E-state index in [0.29, 0.717) is 5.92 Å². The van der Waals surface area contributed by atoms with Crippen LogP contribution >= 0.6 is 0 Å². The first-order chi connectivity index (χ1) is 5.08.